The Morgan fingerprint density at radius 2 is 1.89 bits per heavy atom. The number of rotatable bonds is 5. The molecule has 8 nitrogen and oxygen atoms in total. The van der Waals surface area contributed by atoms with E-state index < -0.39 is 5.97 Å². The molecule has 0 aliphatic rings. The van der Waals surface area contributed by atoms with E-state index in [1.807, 2.05) is 35.6 Å². The van der Waals surface area contributed by atoms with Crippen molar-refractivity contribution in [2.75, 3.05) is 19.5 Å². The van der Waals surface area contributed by atoms with E-state index in [1.165, 1.54) is 7.11 Å². The summed E-state index contributed by atoms with van der Waals surface area (Å²) >= 11 is 0. The quantitative estimate of drug-likeness (QED) is 0.517. The molecule has 2 N–H and O–H groups in total. The van der Waals surface area contributed by atoms with Crippen LogP contribution >= 0.6 is 0 Å². The molecule has 142 valence electrons. The zero-order chi connectivity index (χ0) is 19.7. The molecule has 4 aromatic rings. The average molecular weight is 377 g/mol. The van der Waals surface area contributed by atoms with Crippen molar-refractivity contribution < 1.29 is 14.3 Å². The predicted molar refractivity (Wildman–Crippen MR) is 105 cm³/mol. The number of nitrogens with zero attached hydrogens (tertiary/aromatic N) is 3. The normalized spacial score (nSPS) is 10.8. The van der Waals surface area contributed by atoms with Crippen molar-refractivity contribution in [2.45, 2.75) is 6.92 Å². The number of hydrogen-bond acceptors (Lipinski definition) is 6. The minimum absolute atomic E-state index is 0.413. The molecule has 0 aliphatic carbocycles. The van der Waals surface area contributed by atoms with Gasteiger partial charge in [-0.1, -0.05) is 0 Å². The van der Waals surface area contributed by atoms with Crippen LogP contribution in [0.4, 0.5) is 11.5 Å². The van der Waals surface area contributed by atoms with Crippen LogP contribution in [0.2, 0.25) is 0 Å². The molecule has 0 aliphatic heterocycles. The topological polar surface area (TPSA) is 93.5 Å². The molecule has 8 heteroatoms. The molecule has 0 spiro atoms. The van der Waals surface area contributed by atoms with Gasteiger partial charge in [-0.15, -0.1) is 0 Å². The van der Waals surface area contributed by atoms with Crippen LogP contribution in [-0.4, -0.2) is 39.5 Å². The number of benzene rings is 1. The van der Waals surface area contributed by atoms with Gasteiger partial charge in [0.2, 0.25) is 0 Å². The molecule has 0 saturated heterocycles. The van der Waals surface area contributed by atoms with E-state index in [2.05, 4.69) is 15.3 Å². The highest BCUT2D eigenvalue weighted by Gasteiger charge is 2.19. The van der Waals surface area contributed by atoms with Gasteiger partial charge in [0.15, 0.2) is 0 Å². The highest BCUT2D eigenvalue weighted by molar-refractivity contribution is 5.90. The van der Waals surface area contributed by atoms with Crippen molar-refractivity contribution in [2.24, 2.45) is 0 Å². The van der Waals surface area contributed by atoms with E-state index in [9.17, 15) is 4.79 Å². The maximum atomic E-state index is 12.0. The number of esters is 1. The van der Waals surface area contributed by atoms with Crippen LogP contribution in [-0.2, 0) is 4.74 Å². The maximum absolute atomic E-state index is 12.0. The van der Waals surface area contributed by atoms with E-state index in [0.717, 1.165) is 22.8 Å². The van der Waals surface area contributed by atoms with Gasteiger partial charge in [-0.2, -0.15) is 0 Å². The van der Waals surface area contributed by atoms with E-state index in [0.29, 0.717) is 22.7 Å². The van der Waals surface area contributed by atoms with Gasteiger partial charge < -0.3 is 19.8 Å². The number of fused-ring (bicyclic) bond motifs is 1. The Labute approximate surface area is 161 Å². The fraction of sp³-hybridized carbons (Fsp3) is 0.150. The van der Waals surface area contributed by atoms with Crippen LogP contribution in [0.5, 0.6) is 5.75 Å². The summed E-state index contributed by atoms with van der Waals surface area (Å²) in [5, 5.41) is 3.39. The number of pyridine rings is 1. The van der Waals surface area contributed by atoms with E-state index in [1.54, 1.807) is 31.8 Å². The molecule has 1 aromatic carbocycles. The van der Waals surface area contributed by atoms with Crippen LogP contribution < -0.4 is 10.1 Å². The number of carbonyl (C=O) groups excluding carboxylic acids is 1. The van der Waals surface area contributed by atoms with Gasteiger partial charge >= 0.3 is 5.97 Å². The Morgan fingerprint density at radius 1 is 1.11 bits per heavy atom. The smallest absolute Gasteiger partial charge is 0.339 e. The molecule has 3 aromatic heterocycles. The van der Waals surface area contributed by atoms with Crippen LogP contribution in [0.25, 0.3) is 17.0 Å². The molecule has 0 bridgehead atoms. The second-order valence-electron chi connectivity index (χ2n) is 6.18. The van der Waals surface area contributed by atoms with Gasteiger partial charge in [0, 0.05) is 17.6 Å². The average Bonchev–Trinajstić information content (AvgIpc) is 3.30. The van der Waals surface area contributed by atoms with Crippen molar-refractivity contribution in [3.63, 3.8) is 0 Å². The van der Waals surface area contributed by atoms with E-state index >= 15 is 0 Å². The van der Waals surface area contributed by atoms with Crippen LogP contribution in [0.1, 0.15) is 16.1 Å². The number of methoxy groups -OCH3 is 2. The number of H-pyrrole nitrogens is 1. The minimum atomic E-state index is -0.413. The number of imidazole rings is 2. The SMILES string of the molecule is COC(=O)c1ccc2nc(-c3nc[nH]c3C)c(Nc3ccc(OC)cc3)n2c1. The molecule has 0 saturated carbocycles. The Hall–Kier alpha value is -3.81. The minimum Gasteiger partial charge on any atom is -0.497 e. The van der Waals surface area contributed by atoms with Gasteiger partial charge in [-0.05, 0) is 43.3 Å². The van der Waals surface area contributed by atoms with Crippen LogP contribution in [0.15, 0.2) is 48.9 Å². The Kier molecular flexibility index (Phi) is 4.44. The van der Waals surface area contributed by atoms with Crippen molar-refractivity contribution in [3.8, 4) is 17.1 Å². The van der Waals surface area contributed by atoms with Crippen LogP contribution in [0.3, 0.4) is 0 Å². The number of anilines is 2. The fourth-order valence-electron chi connectivity index (χ4n) is 2.98. The summed E-state index contributed by atoms with van der Waals surface area (Å²) in [6.45, 7) is 1.93. The summed E-state index contributed by atoms with van der Waals surface area (Å²) in [5.41, 5.74) is 4.27. The second kappa shape index (κ2) is 7.07. The Balaban J connectivity index is 1.88. The van der Waals surface area contributed by atoms with Gasteiger partial charge in [0.25, 0.3) is 0 Å². The second-order valence-corrected chi connectivity index (χ2v) is 6.18. The number of nitrogens with one attached hydrogen (secondary N) is 2. The number of aromatic nitrogens is 4. The third-order valence-electron chi connectivity index (χ3n) is 4.45. The first-order valence-corrected chi connectivity index (χ1v) is 8.62. The lowest BCUT2D eigenvalue weighted by atomic mass is 10.2. The first kappa shape index (κ1) is 17.6. The highest BCUT2D eigenvalue weighted by Crippen LogP contribution is 2.32. The van der Waals surface area contributed by atoms with Crippen molar-refractivity contribution >= 4 is 23.1 Å². The molecule has 4 rings (SSSR count). The summed E-state index contributed by atoms with van der Waals surface area (Å²) in [6.07, 6.45) is 3.33. The van der Waals surface area contributed by atoms with Gasteiger partial charge in [-0.25, -0.2) is 14.8 Å². The molecular weight excluding hydrogens is 358 g/mol. The zero-order valence-corrected chi connectivity index (χ0v) is 15.7. The highest BCUT2D eigenvalue weighted by atomic mass is 16.5. The lowest BCUT2D eigenvalue weighted by molar-refractivity contribution is 0.0600. The van der Waals surface area contributed by atoms with Gasteiger partial charge in [0.05, 0.1) is 26.1 Å². The molecule has 3 heterocycles. The Bertz CT molecular complexity index is 1140. The largest absolute Gasteiger partial charge is 0.497 e. The van der Waals surface area contributed by atoms with Crippen LogP contribution in [0, 0.1) is 6.92 Å². The summed E-state index contributed by atoms with van der Waals surface area (Å²) in [4.78, 5) is 24.2. The summed E-state index contributed by atoms with van der Waals surface area (Å²) in [7, 11) is 2.98. The van der Waals surface area contributed by atoms with Gasteiger partial charge in [0.1, 0.15) is 28.6 Å². The third-order valence-corrected chi connectivity index (χ3v) is 4.45. The van der Waals surface area contributed by atoms with Crippen molar-refractivity contribution in [1.82, 2.24) is 19.4 Å². The fourth-order valence-corrected chi connectivity index (χ4v) is 2.98. The number of aromatic amines is 1. The molecule has 0 fully saturated rings. The summed E-state index contributed by atoms with van der Waals surface area (Å²) in [5.74, 6) is 1.05. The molecule has 0 amide bonds. The molecule has 0 radical (unpaired) electrons. The van der Waals surface area contributed by atoms with Crippen molar-refractivity contribution in [3.05, 3.63) is 60.2 Å². The monoisotopic (exact) mass is 377 g/mol. The predicted octanol–water partition coefficient (Wildman–Crippen LogP) is 3.57. The number of hydrogen-bond donors (Lipinski definition) is 2. The summed E-state index contributed by atoms with van der Waals surface area (Å²) < 4.78 is 11.9. The lowest BCUT2D eigenvalue weighted by Crippen LogP contribution is -2.04. The van der Waals surface area contributed by atoms with Gasteiger partial charge in [-0.3, -0.25) is 4.40 Å². The van der Waals surface area contributed by atoms with Crippen molar-refractivity contribution in [1.29, 1.82) is 0 Å². The molecule has 0 atom stereocenters. The maximum Gasteiger partial charge on any atom is 0.339 e. The first-order valence-electron chi connectivity index (χ1n) is 8.62. The number of aryl methyl sites for hydroxylation is 1. The van der Waals surface area contributed by atoms with E-state index in [-0.39, 0.29) is 0 Å². The Morgan fingerprint density at radius 3 is 2.54 bits per heavy atom. The summed E-state index contributed by atoms with van der Waals surface area (Å²) in [6, 6.07) is 11.0. The zero-order valence-electron chi connectivity index (χ0n) is 15.7. The standard InChI is InChI=1S/C20H19N5O3/c1-12-17(22-11-21-12)18-19(23-14-5-7-15(27-2)8-6-14)25-10-13(20(26)28-3)4-9-16(25)24-18/h4-11,23H,1-3H3,(H,21,22). The molecular formula is C20H19N5O3. The molecule has 0 unspecified atom stereocenters. The first-order chi connectivity index (χ1) is 13.6. The number of carbonyl (C=O) groups is 1. The molecule has 28 heavy (non-hydrogen) atoms. The van der Waals surface area contributed by atoms with E-state index in [4.69, 9.17) is 14.5 Å². The number of ether oxygens (including phenoxy) is 2. The lowest BCUT2D eigenvalue weighted by Gasteiger charge is -2.10. The third kappa shape index (κ3) is 3.05.